The van der Waals surface area contributed by atoms with Crippen LogP contribution < -0.4 is 5.56 Å². The molecule has 0 fully saturated rings. The molecule has 0 spiro atoms. The Morgan fingerprint density at radius 1 is 1.09 bits per heavy atom. The van der Waals surface area contributed by atoms with Gasteiger partial charge in [0.15, 0.2) is 0 Å². The number of ether oxygens (including phenoxy) is 1. The topological polar surface area (TPSA) is 59.2 Å². The molecular formula is C17H12BrNO3. The fourth-order valence-electron chi connectivity index (χ4n) is 2.46. The van der Waals surface area contributed by atoms with Crippen LogP contribution >= 0.6 is 15.9 Å². The number of carbonyl (C=O) groups is 1. The molecule has 3 aromatic rings. The number of carbonyl (C=O) groups excluding carboxylic acids is 1. The second-order valence-corrected chi connectivity index (χ2v) is 5.67. The Kier molecular flexibility index (Phi) is 3.81. The lowest BCUT2D eigenvalue weighted by molar-refractivity contribution is 0.0595. The zero-order chi connectivity index (χ0) is 15.7. The summed E-state index contributed by atoms with van der Waals surface area (Å²) in [5.41, 5.74) is 1.33. The number of esters is 1. The van der Waals surface area contributed by atoms with E-state index in [0.717, 1.165) is 10.0 Å². The third-order valence-corrected chi connectivity index (χ3v) is 3.93. The third-order valence-electron chi connectivity index (χ3n) is 3.44. The molecule has 4 nitrogen and oxygen atoms in total. The van der Waals surface area contributed by atoms with Crippen LogP contribution in [-0.4, -0.2) is 18.1 Å². The van der Waals surface area contributed by atoms with Gasteiger partial charge >= 0.3 is 5.97 Å². The molecule has 0 atom stereocenters. The number of H-pyrrole nitrogens is 1. The Bertz CT molecular complexity index is 916. The van der Waals surface area contributed by atoms with Gasteiger partial charge in [0, 0.05) is 15.4 Å². The highest BCUT2D eigenvalue weighted by Gasteiger charge is 2.19. The molecule has 1 N–H and O–H groups in total. The van der Waals surface area contributed by atoms with Crippen molar-refractivity contribution in [1.82, 2.24) is 4.98 Å². The van der Waals surface area contributed by atoms with Crippen molar-refractivity contribution in [2.45, 2.75) is 0 Å². The maximum atomic E-state index is 12.2. The molecule has 110 valence electrons. The summed E-state index contributed by atoms with van der Waals surface area (Å²) < 4.78 is 5.64. The van der Waals surface area contributed by atoms with Crippen LogP contribution in [0.1, 0.15) is 10.5 Å². The molecule has 0 saturated carbocycles. The molecule has 2 aromatic carbocycles. The van der Waals surface area contributed by atoms with Crippen molar-refractivity contribution in [3.05, 3.63) is 69.1 Å². The molecular weight excluding hydrogens is 346 g/mol. The standard InChI is InChI=1S/C17H12BrNO3/c1-22-17(21)15-14(10-5-3-2-4-6-10)13-9-11(18)7-8-12(13)16(20)19-15/h2-9H,1H3,(H,19,20). The number of hydrogen-bond donors (Lipinski definition) is 1. The minimum atomic E-state index is -0.571. The van der Waals surface area contributed by atoms with Gasteiger partial charge < -0.3 is 9.72 Å². The molecule has 0 aliphatic carbocycles. The Morgan fingerprint density at radius 2 is 1.82 bits per heavy atom. The van der Waals surface area contributed by atoms with Crippen LogP contribution in [0.5, 0.6) is 0 Å². The van der Waals surface area contributed by atoms with Crippen molar-refractivity contribution < 1.29 is 9.53 Å². The largest absolute Gasteiger partial charge is 0.464 e. The predicted molar refractivity (Wildman–Crippen MR) is 89.0 cm³/mol. The van der Waals surface area contributed by atoms with Crippen LogP contribution in [0.3, 0.4) is 0 Å². The minimum Gasteiger partial charge on any atom is -0.464 e. The van der Waals surface area contributed by atoms with Crippen LogP contribution in [-0.2, 0) is 4.74 Å². The summed E-state index contributed by atoms with van der Waals surface area (Å²) in [5, 5.41) is 1.22. The number of aromatic nitrogens is 1. The van der Waals surface area contributed by atoms with E-state index in [-0.39, 0.29) is 11.3 Å². The van der Waals surface area contributed by atoms with Crippen molar-refractivity contribution in [1.29, 1.82) is 0 Å². The van der Waals surface area contributed by atoms with E-state index in [1.807, 2.05) is 36.4 Å². The van der Waals surface area contributed by atoms with Gasteiger partial charge in [0.1, 0.15) is 5.69 Å². The number of fused-ring (bicyclic) bond motifs is 1. The molecule has 0 aliphatic heterocycles. The molecule has 0 aliphatic rings. The Morgan fingerprint density at radius 3 is 2.50 bits per heavy atom. The molecule has 0 bridgehead atoms. The summed E-state index contributed by atoms with van der Waals surface area (Å²) in [6, 6.07) is 14.8. The number of benzene rings is 2. The van der Waals surface area contributed by atoms with Crippen LogP contribution in [0.25, 0.3) is 21.9 Å². The van der Waals surface area contributed by atoms with Gasteiger partial charge in [-0.1, -0.05) is 46.3 Å². The maximum Gasteiger partial charge on any atom is 0.355 e. The van der Waals surface area contributed by atoms with E-state index in [4.69, 9.17) is 4.74 Å². The Balaban J connectivity index is 2.49. The lowest BCUT2D eigenvalue weighted by Gasteiger charge is -2.12. The third kappa shape index (κ3) is 2.44. The summed E-state index contributed by atoms with van der Waals surface area (Å²) in [4.78, 5) is 27.0. The van der Waals surface area contributed by atoms with E-state index in [2.05, 4.69) is 20.9 Å². The number of halogens is 1. The van der Waals surface area contributed by atoms with Gasteiger partial charge in [-0.3, -0.25) is 4.79 Å². The van der Waals surface area contributed by atoms with Crippen LogP contribution in [0.4, 0.5) is 0 Å². The molecule has 1 aromatic heterocycles. The summed E-state index contributed by atoms with van der Waals surface area (Å²) in [6.45, 7) is 0. The minimum absolute atomic E-state index is 0.157. The maximum absolute atomic E-state index is 12.2. The monoisotopic (exact) mass is 357 g/mol. The molecule has 0 unspecified atom stereocenters. The molecule has 0 saturated heterocycles. The Labute approximate surface area is 134 Å². The van der Waals surface area contributed by atoms with Crippen molar-refractivity contribution in [3.63, 3.8) is 0 Å². The molecule has 0 radical (unpaired) electrons. The fourth-order valence-corrected chi connectivity index (χ4v) is 2.82. The average Bonchev–Trinajstić information content (AvgIpc) is 2.54. The highest BCUT2D eigenvalue weighted by atomic mass is 79.9. The lowest BCUT2D eigenvalue weighted by atomic mass is 9.97. The van der Waals surface area contributed by atoms with Crippen molar-refractivity contribution in [3.8, 4) is 11.1 Å². The van der Waals surface area contributed by atoms with Gasteiger partial charge in [0.05, 0.1) is 7.11 Å². The van der Waals surface area contributed by atoms with E-state index in [9.17, 15) is 9.59 Å². The molecule has 22 heavy (non-hydrogen) atoms. The number of nitrogens with one attached hydrogen (secondary N) is 1. The van der Waals surface area contributed by atoms with E-state index in [1.165, 1.54) is 7.11 Å². The first-order valence-corrected chi connectivity index (χ1v) is 7.40. The summed E-state index contributed by atoms with van der Waals surface area (Å²) in [7, 11) is 1.29. The van der Waals surface area contributed by atoms with Gasteiger partial charge in [0.25, 0.3) is 5.56 Å². The first-order chi connectivity index (χ1) is 10.6. The summed E-state index contributed by atoms with van der Waals surface area (Å²) in [6.07, 6.45) is 0. The van der Waals surface area contributed by atoms with Crippen LogP contribution in [0, 0.1) is 0 Å². The van der Waals surface area contributed by atoms with Crippen molar-refractivity contribution in [2.24, 2.45) is 0 Å². The number of aromatic amines is 1. The first kappa shape index (κ1) is 14.5. The van der Waals surface area contributed by atoms with E-state index < -0.39 is 5.97 Å². The first-order valence-electron chi connectivity index (χ1n) is 6.61. The van der Waals surface area contributed by atoms with Crippen molar-refractivity contribution >= 4 is 32.7 Å². The summed E-state index contributed by atoms with van der Waals surface area (Å²) in [5.74, 6) is -0.571. The van der Waals surface area contributed by atoms with E-state index >= 15 is 0 Å². The molecule has 0 amide bonds. The Hall–Kier alpha value is -2.40. The normalized spacial score (nSPS) is 10.6. The summed E-state index contributed by atoms with van der Waals surface area (Å²) >= 11 is 3.41. The quantitative estimate of drug-likeness (QED) is 0.710. The van der Waals surface area contributed by atoms with E-state index in [0.29, 0.717) is 16.3 Å². The number of rotatable bonds is 2. The lowest BCUT2D eigenvalue weighted by Crippen LogP contribution is -2.16. The highest BCUT2D eigenvalue weighted by molar-refractivity contribution is 9.10. The van der Waals surface area contributed by atoms with Gasteiger partial charge in [-0.05, 0) is 29.1 Å². The van der Waals surface area contributed by atoms with Crippen LogP contribution in [0.2, 0.25) is 0 Å². The zero-order valence-electron chi connectivity index (χ0n) is 11.7. The molecule has 1 heterocycles. The average molecular weight is 358 g/mol. The predicted octanol–water partition coefficient (Wildman–Crippen LogP) is 3.74. The smallest absolute Gasteiger partial charge is 0.355 e. The van der Waals surface area contributed by atoms with Gasteiger partial charge in [-0.2, -0.15) is 0 Å². The SMILES string of the molecule is COC(=O)c1[nH]c(=O)c2ccc(Br)cc2c1-c1ccccc1. The van der Waals surface area contributed by atoms with Crippen LogP contribution in [0.15, 0.2) is 57.8 Å². The number of hydrogen-bond acceptors (Lipinski definition) is 3. The van der Waals surface area contributed by atoms with Gasteiger partial charge in [0.2, 0.25) is 0 Å². The molecule has 3 rings (SSSR count). The zero-order valence-corrected chi connectivity index (χ0v) is 13.3. The van der Waals surface area contributed by atoms with Crippen molar-refractivity contribution in [2.75, 3.05) is 7.11 Å². The highest BCUT2D eigenvalue weighted by Crippen LogP contribution is 2.31. The second kappa shape index (κ2) is 5.77. The number of pyridine rings is 1. The van der Waals surface area contributed by atoms with Gasteiger partial charge in [-0.15, -0.1) is 0 Å². The van der Waals surface area contributed by atoms with Gasteiger partial charge in [-0.25, -0.2) is 4.79 Å². The second-order valence-electron chi connectivity index (χ2n) is 4.75. The van der Waals surface area contributed by atoms with E-state index in [1.54, 1.807) is 12.1 Å². The fraction of sp³-hybridized carbons (Fsp3) is 0.0588. The number of methoxy groups -OCH3 is 1. The molecule has 5 heteroatoms.